The summed E-state index contributed by atoms with van der Waals surface area (Å²) < 4.78 is 0. The van der Waals surface area contributed by atoms with Crippen LogP contribution in [0, 0.1) is 0 Å². The lowest BCUT2D eigenvalue weighted by Gasteiger charge is -2.29. The maximum absolute atomic E-state index is 12.1. The molecule has 0 aliphatic carbocycles. The van der Waals surface area contributed by atoms with E-state index in [0.29, 0.717) is 19.6 Å². The molecule has 2 N–H and O–H groups in total. The molecule has 0 unspecified atom stereocenters. The number of piperazine rings is 1. The second kappa shape index (κ2) is 7.84. The number of hydrogen-bond acceptors (Lipinski definition) is 4. The van der Waals surface area contributed by atoms with Crippen LogP contribution in [0.5, 0.6) is 0 Å². The van der Waals surface area contributed by atoms with Crippen molar-refractivity contribution in [1.82, 2.24) is 20.4 Å². The van der Waals surface area contributed by atoms with Crippen molar-refractivity contribution >= 4 is 17.7 Å². The molecule has 0 radical (unpaired) electrons. The fraction of sp³-hybridized carbons (Fsp3) is 0.769. The Bertz CT molecular complexity index is 371. The van der Waals surface area contributed by atoms with Crippen LogP contribution in [0.1, 0.15) is 20.8 Å². The van der Waals surface area contributed by atoms with E-state index in [1.807, 2.05) is 20.8 Å². The predicted octanol–water partition coefficient (Wildman–Crippen LogP) is -1.21. The van der Waals surface area contributed by atoms with Gasteiger partial charge in [-0.3, -0.25) is 19.3 Å². The van der Waals surface area contributed by atoms with Crippen molar-refractivity contribution in [1.29, 1.82) is 0 Å². The maximum atomic E-state index is 12.1. The van der Waals surface area contributed by atoms with E-state index in [4.69, 9.17) is 0 Å². The standard InChI is InChI=1S/C13H24N4O3/c1-4-16(7-12(19)15-10(2)3)9-13(20)17-6-5-14-11(18)8-17/h10H,4-9H2,1-3H3,(H,14,18)(H,15,19). The van der Waals surface area contributed by atoms with Crippen LogP contribution in [0.4, 0.5) is 0 Å². The molecule has 1 fully saturated rings. The Balaban J connectivity index is 2.44. The molecule has 0 aromatic carbocycles. The van der Waals surface area contributed by atoms with Crippen molar-refractivity contribution in [2.24, 2.45) is 0 Å². The number of carbonyl (C=O) groups is 3. The Labute approximate surface area is 119 Å². The smallest absolute Gasteiger partial charge is 0.239 e. The lowest BCUT2D eigenvalue weighted by atomic mass is 10.3. The first-order valence-electron chi connectivity index (χ1n) is 6.98. The Hall–Kier alpha value is -1.63. The van der Waals surface area contributed by atoms with Crippen LogP contribution >= 0.6 is 0 Å². The predicted molar refractivity (Wildman–Crippen MR) is 75.0 cm³/mol. The van der Waals surface area contributed by atoms with Gasteiger partial charge in [-0.2, -0.15) is 0 Å². The molecule has 7 nitrogen and oxygen atoms in total. The van der Waals surface area contributed by atoms with Crippen LogP contribution in [-0.4, -0.2) is 72.8 Å². The first-order valence-corrected chi connectivity index (χ1v) is 6.98. The van der Waals surface area contributed by atoms with Gasteiger partial charge >= 0.3 is 0 Å². The fourth-order valence-electron chi connectivity index (χ4n) is 1.99. The summed E-state index contributed by atoms with van der Waals surface area (Å²) in [6.07, 6.45) is 0. The molecule has 0 bridgehead atoms. The van der Waals surface area contributed by atoms with E-state index in [2.05, 4.69) is 10.6 Å². The highest BCUT2D eigenvalue weighted by Crippen LogP contribution is 1.98. The summed E-state index contributed by atoms with van der Waals surface area (Å²) in [6.45, 7) is 7.78. The number of nitrogens with one attached hydrogen (secondary N) is 2. The summed E-state index contributed by atoms with van der Waals surface area (Å²) in [5.74, 6) is -0.338. The largest absolute Gasteiger partial charge is 0.353 e. The van der Waals surface area contributed by atoms with Crippen LogP contribution in [0.25, 0.3) is 0 Å². The van der Waals surface area contributed by atoms with Gasteiger partial charge in [-0.05, 0) is 20.4 Å². The molecule has 1 saturated heterocycles. The van der Waals surface area contributed by atoms with Crippen LogP contribution in [-0.2, 0) is 14.4 Å². The second-order valence-corrected chi connectivity index (χ2v) is 5.19. The van der Waals surface area contributed by atoms with Gasteiger partial charge in [0, 0.05) is 19.1 Å². The number of nitrogens with zero attached hydrogens (tertiary/aromatic N) is 2. The molecule has 0 aromatic heterocycles. The Morgan fingerprint density at radius 3 is 2.65 bits per heavy atom. The van der Waals surface area contributed by atoms with E-state index in [9.17, 15) is 14.4 Å². The topological polar surface area (TPSA) is 81.8 Å². The van der Waals surface area contributed by atoms with E-state index in [0.717, 1.165) is 0 Å². The SMILES string of the molecule is CCN(CC(=O)NC(C)C)CC(=O)N1CCNC(=O)C1. The second-order valence-electron chi connectivity index (χ2n) is 5.19. The Morgan fingerprint density at radius 1 is 1.40 bits per heavy atom. The monoisotopic (exact) mass is 284 g/mol. The van der Waals surface area contributed by atoms with Gasteiger partial charge in [0.15, 0.2) is 0 Å². The lowest BCUT2D eigenvalue weighted by molar-refractivity contribution is -0.139. The van der Waals surface area contributed by atoms with Crippen molar-refractivity contribution < 1.29 is 14.4 Å². The lowest BCUT2D eigenvalue weighted by Crippen LogP contribution is -2.53. The molecule has 0 atom stereocenters. The van der Waals surface area contributed by atoms with Gasteiger partial charge in [0.25, 0.3) is 0 Å². The summed E-state index contributed by atoms with van der Waals surface area (Å²) in [5.41, 5.74) is 0. The zero-order chi connectivity index (χ0) is 15.1. The average Bonchev–Trinajstić information content (AvgIpc) is 2.36. The van der Waals surface area contributed by atoms with Gasteiger partial charge in [-0.1, -0.05) is 6.92 Å². The summed E-state index contributed by atoms with van der Waals surface area (Å²) in [5, 5.41) is 5.48. The van der Waals surface area contributed by atoms with E-state index in [1.54, 1.807) is 4.90 Å². The minimum atomic E-state index is -0.134. The first-order chi connectivity index (χ1) is 9.42. The van der Waals surface area contributed by atoms with Gasteiger partial charge < -0.3 is 15.5 Å². The molecule has 1 rings (SSSR count). The molecule has 1 heterocycles. The third-order valence-electron chi connectivity index (χ3n) is 3.01. The summed E-state index contributed by atoms with van der Waals surface area (Å²) in [4.78, 5) is 38.3. The molecule has 1 aliphatic heterocycles. The van der Waals surface area contributed by atoms with E-state index in [1.165, 1.54) is 4.90 Å². The molecular weight excluding hydrogens is 260 g/mol. The summed E-state index contributed by atoms with van der Waals surface area (Å²) in [7, 11) is 0. The van der Waals surface area contributed by atoms with Crippen LogP contribution in [0.2, 0.25) is 0 Å². The zero-order valence-corrected chi connectivity index (χ0v) is 12.4. The van der Waals surface area contributed by atoms with Crippen molar-refractivity contribution in [3.05, 3.63) is 0 Å². The van der Waals surface area contributed by atoms with Crippen molar-refractivity contribution in [2.45, 2.75) is 26.8 Å². The maximum Gasteiger partial charge on any atom is 0.239 e. The van der Waals surface area contributed by atoms with Gasteiger partial charge in [0.2, 0.25) is 17.7 Å². The molecule has 114 valence electrons. The molecule has 3 amide bonds. The van der Waals surface area contributed by atoms with Gasteiger partial charge in [0.1, 0.15) is 0 Å². The molecular formula is C13H24N4O3. The van der Waals surface area contributed by atoms with Crippen LogP contribution in [0.3, 0.4) is 0 Å². The highest BCUT2D eigenvalue weighted by atomic mass is 16.2. The molecule has 7 heteroatoms. The minimum Gasteiger partial charge on any atom is -0.353 e. The van der Waals surface area contributed by atoms with Gasteiger partial charge in [-0.15, -0.1) is 0 Å². The number of rotatable bonds is 6. The van der Waals surface area contributed by atoms with Crippen molar-refractivity contribution in [3.8, 4) is 0 Å². The number of amides is 3. The fourth-order valence-corrected chi connectivity index (χ4v) is 1.99. The summed E-state index contributed by atoms with van der Waals surface area (Å²) in [6, 6.07) is 0.0858. The zero-order valence-electron chi connectivity index (χ0n) is 12.4. The first kappa shape index (κ1) is 16.4. The Morgan fingerprint density at radius 2 is 2.10 bits per heavy atom. The molecule has 1 aliphatic rings. The highest BCUT2D eigenvalue weighted by Gasteiger charge is 2.23. The molecule has 20 heavy (non-hydrogen) atoms. The molecule has 0 spiro atoms. The quantitative estimate of drug-likeness (QED) is 0.641. The molecule has 0 aromatic rings. The van der Waals surface area contributed by atoms with Crippen LogP contribution < -0.4 is 10.6 Å². The highest BCUT2D eigenvalue weighted by molar-refractivity contribution is 5.87. The van der Waals surface area contributed by atoms with Crippen molar-refractivity contribution in [2.75, 3.05) is 39.3 Å². The third kappa shape index (κ3) is 5.56. The molecule has 0 saturated carbocycles. The minimum absolute atomic E-state index is 0.0858. The van der Waals surface area contributed by atoms with Crippen molar-refractivity contribution in [3.63, 3.8) is 0 Å². The van der Waals surface area contributed by atoms with Crippen LogP contribution in [0.15, 0.2) is 0 Å². The average molecular weight is 284 g/mol. The van der Waals surface area contributed by atoms with E-state index < -0.39 is 0 Å². The number of likely N-dealkylation sites (N-methyl/N-ethyl adjacent to an activating group) is 1. The van der Waals surface area contributed by atoms with E-state index in [-0.39, 0.29) is 43.4 Å². The van der Waals surface area contributed by atoms with Gasteiger partial charge in [-0.25, -0.2) is 0 Å². The third-order valence-corrected chi connectivity index (χ3v) is 3.01. The van der Waals surface area contributed by atoms with Gasteiger partial charge in [0.05, 0.1) is 19.6 Å². The normalized spacial score (nSPS) is 15.4. The van der Waals surface area contributed by atoms with E-state index >= 15 is 0 Å². The number of hydrogen-bond donors (Lipinski definition) is 2. The Kier molecular flexibility index (Phi) is 6.44. The number of carbonyl (C=O) groups excluding carboxylic acids is 3. The summed E-state index contributed by atoms with van der Waals surface area (Å²) >= 11 is 0.